The number of esters is 1. The van der Waals surface area contributed by atoms with Crippen molar-refractivity contribution in [3.63, 3.8) is 0 Å². The first kappa shape index (κ1) is 20.0. The van der Waals surface area contributed by atoms with Crippen molar-refractivity contribution in [3.8, 4) is 0 Å². The van der Waals surface area contributed by atoms with Gasteiger partial charge < -0.3 is 9.47 Å². The molecule has 0 aliphatic heterocycles. The van der Waals surface area contributed by atoms with E-state index < -0.39 is 12.1 Å². The first-order valence-corrected chi connectivity index (χ1v) is 8.55. The van der Waals surface area contributed by atoms with Crippen molar-refractivity contribution in [2.24, 2.45) is 5.92 Å². The molecule has 1 rings (SSSR count). The molecule has 0 aliphatic carbocycles. The van der Waals surface area contributed by atoms with E-state index in [2.05, 4.69) is 0 Å². The molecule has 1 atom stereocenters. The van der Waals surface area contributed by atoms with Crippen LogP contribution in [0, 0.1) is 5.92 Å². The number of carbonyl (C=O) groups excluding carboxylic acids is 2. The van der Waals surface area contributed by atoms with Gasteiger partial charge in [0.05, 0.1) is 6.61 Å². The van der Waals surface area contributed by atoms with Crippen LogP contribution in [0.2, 0.25) is 0 Å². The Labute approximate surface area is 144 Å². The Balaban J connectivity index is 2.62. The lowest BCUT2D eigenvalue weighted by Crippen LogP contribution is -2.44. The Hall–Kier alpha value is -2.04. The molecule has 0 radical (unpaired) electrons. The van der Waals surface area contributed by atoms with E-state index in [1.807, 2.05) is 51.1 Å². The number of likely N-dealkylation sites (N-methyl/N-ethyl adjacent to an activating group) is 1. The second-order valence-electron chi connectivity index (χ2n) is 6.32. The van der Waals surface area contributed by atoms with Gasteiger partial charge >= 0.3 is 12.1 Å². The number of hydrogen-bond acceptors (Lipinski definition) is 4. The molecule has 0 N–H and O–H groups in total. The maximum Gasteiger partial charge on any atom is 0.410 e. The summed E-state index contributed by atoms with van der Waals surface area (Å²) < 4.78 is 10.6. The van der Waals surface area contributed by atoms with Crippen molar-refractivity contribution >= 4 is 12.1 Å². The lowest BCUT2D eigenvalue weighted by molar-refractivity contribution is -0.149. The smallest absolute Gasteiger partial charge is 0.410 e. The molecule has 1 unspecified atom stereocenters. The van der Waals surface area contributed by atoms with Gasteiger partial charge in [-0.3, -0.25) is 4.90 Å². The average Bonchev–Trinajstić information content (AvgIpc) is 2.57. The third-order valence-corrected chi connectivity index (χ3v) is 3.67. The molecule has 0 bridgehead atoms. The molecule has 0 heterocycles. The van der Waals surface area contributed by atoms with Crippen LogP contribution in [0.1, 0.15) is 45.6 Å². The van der Waals surface area contributed by atoms with Gasteiger partial charge in [0.1, 0.15) is 12.6 Å². The highest BCUT2D eigenvalue weighted by molar-refractivity contribution is 5.81. The maximum absolute atomic E-state index is 12.3. The van der Waals surface area contributed by atoms with E-state index in [9.17, 15) is 9.59 Å². The molecular weight excluding hydrogens is 306 g/mol. The highest BCUT2D eigenvalue weighted by atomic mass is 16.6. The minimum absolute atomic E-state index is 0.184. The SMILES string of the molecule is CCCCOC(=O)C(CC(C)C)N(C)C(=O)OCc1ccccc1. The molecule has 1 aromatic carbocycles. The molecule has 0 fully saturated rings. The summed E-state index contributed by atoms with van der Waals surface area (Å²) in [4.78, 5) is 25.9. The molecule has 134 valence electrons. The summed E-state index contributed by atoms with van der Waals surface area (Å²) in [6, 6.07) is 8.84. The quantitative estimate of drug-likeness (QED) is 0.505. The van der Waals surface area contributed by atoms with E-state index in [-0.39, 0.29) is 18.5 Å². The first-order chi connectivity index (χ1) is 11.5. The van der Waals surface area contributed by atoms with Crippen LogP contribution in [-0.2, 0) is 20.9 Å². The molecule has 0 saturated carbocycles. The predicted octanol–water partition coefficient (Wildman–Crippen LogP) is 4.01. The fraction of sp³-hybridized carbons (Fsp3) is 0.579. The van der Waals surface area contributed by atoms with Crippen molar-refractivity contribution in [1.82, 2.24) is 4.90 Å². The molecule has 5 heteroatoms. The molecule has 1 amide bonds. The normalized spacial score (nSPS) is 11.9. The average molecular weight is 335 g/mol. The van der Waals surface area contributed by atoms with Gasteiger partial charge in [-0.2, -0.15) is 0 Å². The van der Waals surface area contributed by atoms with Crippen molar-refractivity contribution < 1.29 is 19.1 Å². The summed E-state index contributed by atoms with van der Waals surface area (Å²) in [5.41, 5.74) is 0.908. The van der Waals surface area contributed by atoms with Crippen LogP contribution in [0.4, 0.5) is 4.79 Å². The minimum Gasteiger partial charge on any atom is -0.464 e. The van der Waals surface area contributed by atoms with E-state index in [1.54, 1.807) is 7.05 Å². The fourth-order valence-corrected chi connectivity index (χ4v) is 2.22. The molecular formula is C19H29NO4. The molecule has 0 aliphatic rings. The zero-order valence-electron chi connectivity index (χ0n) is 15.2. The molecule has 0 saturated heterocycles. The molecule has 0 spiro atoms. The summed E-state index contributed by atoms with van der Waals surface area (Å²) in [5.74, 6) is -0.102. The Morgan fingerprint density at radius 1 is 1.12 bits per heavy atom. The highest BCUT2D eigenvalue weighted by Crippen LogP contribution is 2.14. The lowest BCUT2D eigenvalue weighted by atomic mass is 10.0. The van der Waals surface area contributed by atoms with Gasteiger partial charge in [0.15, 0.2) is 0 Å². The van der Waals surface area contributed by atoms with Crippen molar-refractivity contribution in [3.05, 3.63) is 35.9 Å². The number of rotatable bonds is 9. The zero-order chi connectivity index (χ0) is 17.9. The van der Waals surface area contributed by atoms with Crippen LogP contribution in [0.25, 0.3) is 0 Å². The Kier molecular flexibility index (Phi) is 8.90. The van der Waals surface area contributed by atoms with Crippen molar-refractivity contribution in [2.75, 3.05) is 13.7 Å². The van der Waals surface area contributed by atoms with E-state index in [4.69, 9.17) is 9.47 Å². The minimum atomic E-state index is -0.620. The zero-order valence-corrected chi connectivity index (χ0v) is 15.2. The molecule has 5 nitrogen and oxygen atoms in total. The lowest BCUT2D eigenvalue weighted by Gasteiger charge is -2.27. The van der Waals surface area contributed by atoms with Crippen LogP contribution < -0.4 is 0 Å². The monoisotopic (exact) mass is 335 g/mol. The number of benzene rings is 1. The third kappa shape index (κ3) is 7.02. The van der Waals surface area contributed by atoms with E-state index >= 15 is 0 Å². The van der Waals surface area contributed by atoms with Crippen LogP contribution in [0.15, 0.2) is 30.3 Å². The Morgan fingerprint density at radius 2 is 1.79 bits per heavy atom. The maximum atomic E-state index is 12.3. The largest absolute Gasteiger partial charge is 0.464 e. The Morgan fingerprint density at radius 3 is 2.38 bits per heavy atom. The molecule has 24 heavy (non-hydrogen) atoms. The van der Waals surface area contributed by atoms with Crippen LogP contribution in [-0.4, -0.2) is 36.7 Å². The number of ether oxygens (including phenoxy) is 2. The van der Waals surface area contributed by atoms with Crippen LogP contribution in [0.3, 0.4) is 0 Å². The second kappa shape index (κ2) is 10.7. The number of amides is 1. The van der Waals surface area contributed by atoms with Gasteiger partial charge in [0.2, 0.25) is 0 Å². The Bertz CT molecular complexity index is 501. The molecule has 1 aromatic rings. The molecule has 0 aromatic heterocycles. The summed E-state index contributed by atoms with van der Waals surface area (Å²) in [7, 11) is 1.58. The number of unbranched alkanes of at least 4 members (excludes halogenated alkanes) is 1. The van der Waals surface area contributed by atoms with E-state index in [0.717, 1.165) is 18.4 Å². The van der Waals surface area contributed by atoms with Crippen LogP contribution in [0.5, 0.6) is 0 Å². The van der Waals surface area contributed by atoms with Gasteiger partial charge in [-0.15, -0.1) is 0 Å². The number of nitrogens with zero attached hydrogens (tertiary/aromatic N) is 1. The summed E-state index contributed by atoms with van der Waals surface area (Å²) in [6.45, 7) is 6.62. The van der Waals surface area contributed by atoms with Crippen molar-refractivity contribution in [2.45, 2.75) is 52.7 Å². The summed E-state index contributed by atoms with van der Waals surface area (Å²) in [6.07, 6.45) is 1.80. The summed E-state index contributed by atoms with van der Waals surface area (Å²) in [5, 5.41) is 0. The van der Waals surface area contributed by atoms with Gasteiger partial charge in [-0.25, -0.2) is 9.59 Å². The first-order valence-electron chi connectivity index (χ1n) is 8.55. The van der Waals surface area contributed by atoms with E-state index in [1.165, 1.54) is 4.90 Å². The van der Waals surface area contributed by atoms with E-state index in [0.29, 0.717) is 13.0 Å². The van der Waals surface area contributed by atoms with Gasteiger partial charge in [0, 0.05) is 7.05 Å². The standard InChI is InChI=1S/C19H29NO4/c1-5-6-12-23-18(21)17(13-15(2)3)20(4)19(22)24-14-16-10-8-7-9-11-16/h7-11,15,17H,5-6,12-14H2,1-4H3. The fourth-order valence-electron chi connectivity index (χ4n) is 2.22. The number of hydrogen-bond donors (Lipinski definition) is 0. The second-order valence-corrected chi connectivity index (χ2v) is 6.32. The topological polar surface area (TPSA) is 55.8 Å². The van der Waals surface area contributed by atoms with Gasteiger partial charge in [-0.05, 0) is 24.3 Å². The number of carbonyl (C=O) groups is 2. The van der Waals surface area contributed by atoms with Crippen molar-refractivity contribution in [1.29, 1.82) is 0 Å². The third-order valence-electron chi connectivity index (χ3n) is 3.67. The predicted molar refractivity (Wildman–Crippen MR) is 93.5 cm³/mol. The van der Waals surface area contributed by atoms with Gasteiger partial charge in [0.25, 0.3) is 0 Å². The van der Waals surface area contributed by atoms with Gasteiger partial charge in [-0.1, -0.05) is 57.5 Å². The highest BCUT2D eigenvalue weighted by Gasteiger charge is 2.30. The summed E-state index contributed by atoms with van der Waals surface area (Å²) >= 11 is 0. The van der Waals surface area contributed by atoms with Crippen LogP contribution >= 0.6 is 0 Å².